The molecule has 4 heteroatoms. The van der Waals surface area contributed by atoms with E-state index in [0.717, 1.165) is 42.1 Å². The number of fused-ring (bicyclic) bond motifs is 1. The highest BCUT2D eigenvalue weighted by Gasteiger charge is 2.41. The number of Topliss-reactive ketones (excluding diaryl/α,β-unsaturated/α-hetero) is 1. The molecule has 0 amide bonds. The fourth-order valence-electron chi connectivity index (χ4n) is 2.91. The van der Waals surface area contributed by atoms with E-state index in [-0.39, 0.29) is 10.5 Å². The number of benzene rings is 1. The second-order valence-electron chi connectivity index (χ2n) is 5.55. The third-order valence-electron chi connectivity index (χ3n) is 4.19. The highest BCUT2D eigenvalue weighted by molar-refractivity contribution is 8.01. The first-order valence-electron chi connectivity index (χ1n) is 6.71. The lowest BCUT2D eigenvalue weighted by Crippen LogP contribution is -2.43. The second kappa shape index (κ2) is 4.84. The molecule has 1 saturated heterocycles. The Kier molecular flexibility index (Phi) is 3.31. The van der Waals surface area contributed by atoms with Crippen molar-refractivity contribution in [3.05, 3.63) is 23.8 Å². The molecule has 1 aromatic carbocycles. The van der Waals surface area contributed by atoms with Crippen LogP contribution in [-0.2, 0) is 0 Å². The van der Waals surface area contributed by atoms with Crippen LogP contribution in [0.1, 0.15) is 29.6 Å². The van der Waals surface area contributed by atoms with Crippen molar-refractivity contribution < 1.29 is 9.53 Å². The highest BCUT2D eigenvalue weighted by Crippen LogP contribution is 2.49. The summed E-state index contributed by atoms with van der Waals surface area (Å²) >= 11 is 1.90. The number of hydrogen-bond donors (Lipinski definition) is 0. The van der Waals surface area contributed by atoms with Crippen molar-refractivity contribution in [1.29, 1.82) is 0 Å². The maximum absolute atomic E-state index is 12.4. The third kappa shape index (κ3) is 2.39. The van der Waals surface area contributed by atoms with Gasteiger partial charge < -0.3 is 9.64 Å². The molecule has 2 heterocycles. The summed E-state index contributed by atoms with van der Waals surface area (Å²) in [6.45, 7) is 2.18. The summed E-state index contributed by atoms with van der Waals surface area (Å²) in [5, 5.41) is 0. The number of ether oxygens (including phenoxy) is 1. The first kappa shape index (κ1) is 13.0. The van der Waals surface area contributed by atoms with Gasteiger partial charge in [0.1, 0.15) is 5.75 Å². The second-order valence-corrected chi connectivity index (χ2v) is 7.06. The lowest BCUT2D eigenvalue weighted by atomic mass is 9.88. The molecular formula is C15H19NO2S. The first-order chi connectivity index (χ1) is 9.12. The van der Waals surface area contributed by atoms with Crippen LogP contribution in [0.2, 0.25) is 0 Å². The van der Waals surface area contributed by atoms with Gasteiger partial charge in [-0.05, 0) is 51.2 Å². The van der Waals surface area contributed by atoms with Crippen molar-refractivity contribution in [2.24, 2.45) is 0 Å². The van der Waals surface area contributed by atoms with E-state index >= 15 is 0 Å². The molecule has 1 aromatic rings. The van der Waals surface area contributed by atoms with E-state index in [1.807, 2.05) is 30.0 Å². The summed E-state index contributed by atoms with van der Waals surface area (Å²) in [6, 6.07) is 5.87. The van der Waals surface area contributed by atoms with E-state index in [2.05, 4.69) is 11.9 Å². The van der Waals surface area contributed by atoms with E-state index < -0.39 is 0 Å². The number of rotatable bonds is 1. The van der Waals surface area contributed by atoms with Crippen LogP contribution in [-0.4, -0.2) is 42.7 Å². The van der Waals surface area contributed by atoms with Gasteiger partial charge in [0.2, 0.25) is 0 Å². The number of hydrogen-bond acceptors (Lipinski definition) is 4. The van der Waals surface area contributed by atoms with E-state index in [1.54, 1.807) is 7.11 Å². The summed E-state index contributed by atoms with van der Waals surface area (Å²) in [4.78, 5) is 15.9. The topological polar surface area (TPSA) is 29.5 Å². The van der Waals surface area contributed by atoms with E-state index in [4.69, 9.17) is 4.74 Å². The standard InChI is InChI=1S/C15H19NO2S/c1-16-7-5-15(6-8-16)10-13(17)12-9-11(18-2)3-4-14(12)19-15/h3-4,9H,5-8,10H2,1-2H3. The molecule has 0 atom stereocenters. The molecule has 2 aliphatic rings. The summed E-state index contributed by atoms with van der Waals surface area (Å²) in [6.07, 6.45) is 2.88. The number of nitrogens with zero attached hydrogens (tertiary/aromatic N) is 1. The molecule has 0 N–H and O–H groups in total. The third-order valence-corrected chi connectivity index (χ3v) is 5.76. The van der Waals surface area contributed by atoms with E-state index in [1.165, 1.54) is 0 Å². The minimum Gasteiger partial charge on any atom is -0.497 e. The Labute approximate surface area is 118 Å². The molecule has 0 aliphatic carbocycles. The molecule has 0 radical (unpaired) electrons. The molecule has 0 unspecified atom stereocenters. The number of thioether (sulfide) groups is 1. The average molecular weight is 277 g/mol. The lowest BCUT2D eigenvalue weighted by Gasteiger charge is -2.42. The maximum atomic E-state index is 12.4. The molecule has 1 spiro atoms. The number of likely N-dealkylation sites (tertiary alicyclic amines) is 1. The van der Waals surface area contributed by atoms with Crippen molar-refractivity contribution in [1.82, 2.24) is 4.90 Å². The van der Waals surface area contributed by atoms with Crippen molar-refractivity contribution in [2.45, 2.75) is 28.9 Å². The Morgan fingerprint density at radius 2 is 2.05 bits per heavy atom. The maximum Gasteiger partial charge on any atom is 0.165 e. The number of carbonyl (C=O) groups is 1. The summed E-state index contributed by atoms with van der Waals surface area (Å²) in [5.41, 5.74) is 0.842. The predicted molar refractivity (Wildman–Crippen MR) is 77.3 cm³/mol. The molecule has 3 nitrogen and oxygen atoms in total. The fourth-order valence-corrected chi connectivity index (χ4v) is 4.38. The number of methoxy groups -OCH3 is 1. The molecule has 1 fully saturated rings. The van der Waals surface area contributed by atoms with Crippen LogP contribution >= 0.6 is 11.8 Å². The van der Waals surface area contributed by atoms with Gasteiger partial charge in [-0.15, -0.1) is 11.8 Å². The monoisotopic (exact) mass is 277 g/mol. The molecular weight excluding hydrogens is 258 g/mol. The predicted octanol–water partition coefficient (Wildman–Crippen LogP) is 2.84. The van der Waals surface area contributed by atoms with Crippen LogP contribution < -0.4 is 4.74 Å². The van der Waals surface area contributed by atoms with Crippen LogP contribution in [0.5, 0.6) is 5.75 Å². The number of carbonyl (C=O) groups excluding carboxylic acids is 1. The van der Waals surface area contributed by atoms with Gasteiger partial charge in [0.25, 0.3) is 0 Å². The van der Waals surface area contributed by atoms with Gasteiger partial charge >= 0.3 is 0 Å². The summed E-state index contributed by atoms with van der Waals surface area (Å²) in [7, 11) is 3.79. The van der Waals surface area contributed by atoms with E-state index in [0.29, 0.717) is 6.42 Å². The van der Waals surface area contributed by atoms with Gasteiger partial charge in [-0.25, -0.2) is 0 Å². The van der Waals surface area contributed by atoms with Gasteiger partial charge in [-0.2, -0.15) is 0 Å². The van der Waals surface area contributed by atoms with Crippen molar-refractivity contribution in [3.63, 3.8) is 0 Å². The lowest BCUT2D eigenvalue weighted by molar-refractivity contribution is 0.0943. The number of ketones is 1. The minimum atomic E-state index is 0.130. The van der Waals surface area contributed by atoms with Crippen LogP contribution in [0, 0.1) is 0 Å². The Bertz CT molecular complexity index is 507. The van der Waals surface area contributed by atoms with Gasteiger partial charge in [0, 0.05) is 21.6 Å². The quantitative estimate of drug-likeness (QED) is 0.789. The van der Waals surface area contributed by atoms with Crippen LogP contribution in [0.25, 0.3) is 0 Å². The molecule has 0 saturated carbocycles. The highest BCUT2D eigenvalue weighted by atomic mass is 32.2. The summed E-state index contributed by atoms with van der Waals surface area (Å²) in [5.74, 6) is 1.05. The largest absolute Gasteiger partial charge is 0.497 e. The molecule has 19 heavy (non-hydrogen) atoms. The smallest absolute Gasteiger partial charge is 0.165 e. The van der Waals surface area contributed by atoms with Crippen LogP contribution in [0.15, 0.2) is 23.1 Å². The SMILES string of the molecule is COc1ccc2c(c1)C(=O)CC1(CCN(C)CC1)S2. The zero-order valence-electron chi connectivity index (χ0n) is 11.4. The molecule has 102 valence electrons. The van der Waals surface area contributed by atoms with Gasteiger partial charge in [0.05, 0.1) is 7.11 Å². The Hall–Kier alpha value is -1.00. The van der Waals surface area contributed by atoms with Gasteiger partial charge in [-0.1, -0.05) is 0 Å². The molecule has 0 aromatic heterocycles. The molecule has 0 bridgehead atoms. The van der Waals surface area contributed by atoms with Gasteiger partial charge in [-0.3, -0.25) is 4.79 Å². The van der Waals surface area contributed by atoms with Crippen LogP contribution in [0.3, 0.4) is 0 Å². The first-order valence-corrected chi connectivity index (χ1v) is 7.52. The Morgan fingerprint density at radius 3 is 2.74 bits per heavy atom. The van der Waals surface area contributed by atoms with Crippen molar-refractivity contribution in [3.8, 4) is 5.75 Å². The van der Waals surface area contributed by atoms with Crippen molar-refractivity contribution in [2.75, 3.05) is 27.2 Å². The summed E-state index contributed by atoms with van der Waals surface area (Å²) < 4.78 is 5.34. The average Bonchev–Trinajstić information content (AvgIpc) is 2.42. The Balaban J connectivity index is 1.90. The molecule has 3 rings (SSSR count). The van der Waals surface area contributed by atoms with Crippen molar-refractivity contribution >= 4 is 17.5 Å². The van der Waals surface area contributed by atoms with E-state index in [9.17, 15) is 4.79 Å². The zero-order chi connectivity index (χ0) is 13.5. The van der Waals surface area contributed by atoms with Crippen LogP contribution in [0.4, 0.5) is 0 Å². The van der Waals surface area contributed by atoms with Gasteiger partial charge in [0.15, 0.2) is 5.78 Å². The molecule has 2 aliphatic heterocycles. The fraction of sp³-hybridized carbons (Fsp3) is 0.533. The zero-order valence-corrected chi connectivity index (χ0v) is 12.3. The minimum absolute atomic E-state index is 0.130. The Morgan fingerprint density at radius 1 is 1.32 bits per heavy atom. The normalized spacial score (nSPS) is 22.3. The number of piperidine rings is 1.